The van der Waals surface area contributed by atoms with E-state index in [-0.39, 0.29) is 19.1 Å². The highest BCUT2D eigenvalue weighted by atomic mass is 31.2. The van der Waals surface area contributed by atoms with E-state index >= 15 is 0 Å². The van der Waals surface area contributed by atoms with Gasteiger partial charge in [0.25, 0.3) is 0 Å². The number of nitrogens with zero attached hydrogens (tertiary/aromatic N) is 1. The van der Waals surface area contributed by atoms with E-state index in [1.807, 2.05) is 21.1 Å². The molecule has 0 aromatic carbocycles. The lowest BCUT2D eigenvalue weighted by Gasteiger charge is -2.26. The molecule has 8 nitrogen and oxygen atoms in total. The molecule has 0 saturated heterocycles. The summed E-state index contributed by atoms with van der Waals surface area (Å²) in [5.41, 5.74) is 0. The Morgan fingerprint density at radius 2 is 0.706 bits per heavy atom. The van der Waals surface area contributed by atoms with Crippen LogP contribution >= 0.6 is 7.82 Å². The van der Waals surface area contributed by atoms with Crippen LogP contribution in [0.25, 0.3) is 0 Å². The van der Waals surface area contributed by atoms with Crippen LogP contribution in [0.2, 0.25) is 0 Å². The number of allylic oxidation sites excluding steroid dienone is 12. The van der Waals surface area contributed by atoms with Crippen LogP contribution in [-0.4, -0.2) is 73.4 Å². The predicted octanol–water partition coefficient (Wildman–Crippen LogP) is 23.7. The summed E-state index contributed by atoms with van der Waals surface area (Å²) in [6.45, 7) is 4.82. The highest BCUT2D eigenvalue weighted by molar-refractivity contribution is 7.47. The maximum atomic E-state index is 13.1. The van der Waals surface area contributed by atoms with Crippen LogP contribution in [0.1, 0.15) is 354 Å². The highest BCUT2D eigenvalue weighted by Gasteiger charge is 2.28. The lowest BCUT2D eigenvalue weighted by atomic mass is 10.0. The molecular formula is C76H144N2O6P+. The van der Waals surface area contributed by atoms with Crippen LogP contribution < -0.4 is 5.32 Å². The molecule has 3 atom stereocenters. The van der Waals surface area contributed by atoms with Crippen LogP contribution in [0.4, 0.5) is 0 Å². The van der Waals surface area contributed by atoms with Gasteiger partial charge in [-0.05, 0) is 64.2 Å². The molecule has 0 aliphatic carbocycles. The first kappa shape index (κ1) is 82.9. The molecule has 0 saturated carbocycles. The second kappa shape index (κ2) is 66.4. The summed E-state index contributed by atoms with van der Waals surface area (Å²) in [4.78, 5) is 23.5. The zero-order valence-corrected chi connectivity index (χ0v) is 58.0. The summed E-state index contributed by atoms with van der Waals surface area (Å²) < 4.78 is 23.9. The topological polar surface area (TPSA) is 105 Å². The van der Waals surface area contributed by atoms with Gasteiger partial charge in [0.2, 0.25) is 5.91 Å². The van der Waals surface area contributed by atoms with Gasteiger partial charge in [0.1, 0.15) is 13.2 Å². The first-order chi connectivity index (χ1) is 41.5. The third-order valence-corrected chi connectivity index (χ3v) is 17.7. The fourth-order valence-electron chi connectivity index (χ4n) is 11.1. The molecule has 498 valence electrons. The quantitative estimate of drug-likeness (QED) is 0.0243. The molecule has 3 N–H and O–H groups in total. The van der Waals surface area contributed by atoms with Gasteiger partial charge in [-0.3, -0.25) is 13.8 Å². The van der Waals surface area contributed by atoms with E-state index in [4.69, 9.17) is 9.05 Å². The van der Waals surface area contributed by atoms with Crippen molar-refractivity contribution in [2.75, 3.05) is 40.9 Å². The third-order valence-electron chi connectivity index (χ3n) is 16.7. The van der Waals surface area contributed by atoms with E-state index in [2.05, 4.69) is 92.1 Å². The number of aliphatic hydroxyl groups excluding tert-OH is 1. The van der Waals surface area contributed by atoms with Gasteiger partial charge >= 0.3 is 7.82 Å². The number of nitrogens with one attached hydrogen (secondary N) is 1. The molecule has 0 fully saturated rings. The average molecular weight is 1210 g/mol. The van der Waals surface area contributed by atoms with E-state index < -0.39 is 20.0 Å². The molecule has 85 heavy (non-hydrogen) atoms. The van der Waals surface area contributed by atoms with Crippen molar-refractivity contribution in [1.29, 1.82) is 0 Å². The number of phosphoric acid groups is 1. The van der Waals surface area contributed by atoms with Crippen molar-refractivity contribution in [1.82, 2.24) is 5.32 Å². The first-order valence-corrected chi connectivity index (χ1v) is 38.3. The van der Waals surface area contributed by atoms with Crippen LogP contribution in [0.5, 0.6) is 0 Å². The lowest BCUT2D eigenvalue weighted by molar-refractivity contribution is -0.870. The van der Waals surface area contributed by atoms with Gasteiger partial charge < -0.3 is 19.8 Å². The SMILES string of the molecule is CC/C=C\C/C=C\C/C=C\C/C=C\C/C=C\C/C=C\CCCCCCCCCCCCCCC(=O)NC(COP(=O)(O)OCC[N+](C)(C)C)C(O)CCCCCCCCCCCCCCCCCCCCCCCCCCCCCCCCCC. The van der Waals surface area contributed by atoms with Gasteiger partial charge in [0.05, 0.1) is 39.9 Å². The number of quaternary nitrogens is 1. The summed E-state index contributed by atoms with van der Waals surface area (Å²) in [5.74, 6) is -0.144. The molecule has 0 aromatic heterocycles. The minimum Gasteiger partial charge on any atom is -0.391 e. The smallest absolute Gasteiger partial charge is 0.391 e. The summed E-state index contributed by atoms with van der Waals surface area (Å²) in [6, 6.07) is -0.768. The van der Waals surface area contributed by atoms with Crippen LogP contribution in [-0.2, 0) is 18.4 Å². The minimum atomic E-state index is -4.34. The summed E-state index contributed by atoms with van der Waals surface area (Å²) in [7, 11) is 1.62. The molecule has 0 heterocycles. The van der Waals surface area contributed by atoms with Gasteiger partial charge in [-0.2, -0.15) is 0 Å². The van der Waals surface area contributed by atoms with Crippen molar-refractivity contribution in [3.63, 3.8) is 0 Å². The minimum absolute atomic E-state index is 0.0728. The molecule has 0 aliphatic heterocycles. The molecular weight excluding hydrogens is 1070 g/mol. The van der Waals surface area contributed by atoms with Crippen LogP contribution in [0, 0.1) is 0 Å². The third kappa shape index (κ3) is 69.3. The maximum absolute atomic E-state index is 13.1. The summed E-state index contributed by atoms with van der Waals surface area (Å²) in [5, 5.41) is 14.2. The molecule has 1 amide bonds. The standard InChI is InChI=1S/C76H143N2O6P/c1-6-8-10-12-14-16-18-20-22-24-26-28-30-32-34-36-38-40-41-43-45-47-49-51-53-55-57-59-61-63-65-67-69-75(79)74(73-84-85(81,82)83-72-71-78(3,4)5)77-76(80)70-68-66-64-62-60-58-56-54-52-50-48-46-44-42-39-37-35-33-31-29-27-25-23-21-19-17-15-13-11-9-7-2/h9,11,15,17,21,23,27,29,33,35,39,42,74-75,79H,6-8,10,12-14,16,18-20,22,24-26,28,30-32,34,36-38,40-41,43-73H2,1-5H3,(H-,77,80,81,82)/p+1/b11-9-,17-15-,23-21-,29-27-,35-33-,42-39-. The van der Waals surface area contributed by atoms with Crippen molar-refractivity contribution in [3.05, 3.63) is 72.9 Å². The number of unbranched alkanes of at least 4 members (excludes halogenated alkanes) is 43. The van der Waals surface area contributed by atoms with Crippen LogP contribution in [0.15, 0.2) is 72.9 Å². The lowest BCUT2D eigenvalue weighted by Crippen LogP contribution is -2.46. The number of likely N-dealkylation sites (N-methyl/N-ethyl adjacent to an activating group) is 1. The van der Waals surface area contributed by atoms with E-state index in [1.54, 1.807) is 0 Å². The molecule has 3 unspecified atom stereocenters. The van der Waals surface area contributed by atoms with Crippen molar-refractivity contribution >= 4 is 13.7 Å². The number of carbonyl (C=O) groups is 1. The van der Waals surface area contributed by atoms with Gasteiger partial charge in [-0.1, -0.05) is 356 Å². The Morgan fingerprint density at radius 3 is 1.04 bits per heavy atom. The molecule has 0 rings (SSSR count). The monoisotopic (exact) mass is 1210 g/mol. The molecule has 0 aliphatic rings. The van der Waals surface area contributed by atoms with E-state index in [9.17, 15) is 19.4 Å². The largest absolute Gasteiger partial charge is 0.472 e. The first-order valence-electron chi connectivity index (χ1n) is 36.8. The van der Waals surface area contributed by atoms with E-state index in [0.29, 0.717) is 23.9 Å². The maximum Gasteiger partial charge on any atom is 0.472 e. The zero-order chi connectivity index (χ0) is 61.9. The fraction of sp³-hybridized carbons (Fsp3) is 0.829. The molecule has 0 spiro atoms. The van der Waals surface area contributed by atoms with Gasteiger partial charge in [-0.15, -0.1) is 0 Å². The Labute approximate surface area is 529 Å². The van der Waals surface area contributed by atoms with Crippen molar-refractivity contribution in [3.8, 4) is 0 Å². The normalized spacial score (nSPS) is 14.0. The van der Waals surface area contributed by atoms with E-state index in [1.165, 1.54) is 250 Å². The number of aliphatic hydroxyl groups is 1. The second-order valence-electron chi connectivity index (χ2n) is 26.3. The summed E-state index contributed by atoms with van der Waals surface area (Å²) >= 11 is 0. The Morgan fingerprint density at radius 1 is 0.412 bits per heavy atom. The molecule has 0 bridgehead atoms. The predicted molar refractivity (Wildman–Crippen MR) is 373 cm³/mol. The number of phosphoric ester groups is 1. The summed E-state index contributed by atoms with van der Waals surface area (Å²) in [6.07, 6.45) is 93.0. The number of hydrogen-bond acceptors (Lipinski definition) is 5. The second-order valence-corrected chi connectivity index (χ2v) is 27.8. The number of carbonyl (C=O) groups excluding carboxylic acids is 1. The average Bonchev–Trinajstić information content (AvgIpc) is 3.49. The van der Waals surface area contributed by atoms with E-state index in [0.717, 1.165) is 77.0 Å². The number of amides is 1. The Kier molecular flexibility index (Phi) is 64.8. The van der Waals surface area contributed by atoms with Crippen molar-refractivity contribution < 1.29 is 32.9 Å². The zero-order valence-electron chi connectivity index (χ0n) is 57.1. The molecule has 0 radical (unpaired) electrons. The van der Waals surface area contributed by atoms with Gasteiger partial charge in [-0.25, -0.2) is 4.57 Å². The highest BCUT2D eigenvalue weighted by Crippen LogP contribution is 2.43. The van der Waals surface area contributed by atoms with Gasteiger partial charge in [0, 0.05) is 6.42 Å². The van der Waals surface area contributed by atoms with Gasteiger partial charge in [0.15, 0.2) is 0 Å². The van der Waals surface area contributed by atoms with Crippen molar-refractivity contribution in [2.24, 2.45) is 0 Å². The number of hydrogen-bond donors (Lipinski definition) is 3. The van der Waals surface area contributed by atoms with Crippen LogP contribution in [0.3, 0.4) is 0 Å². The fourth-order valence-corrected chi connectivity index (χ4v) is 11.8. The molecule has 9 heteroatoms. The van der Waals surface area contributed by atoms with Crippen molar-refractivity contribution in [2.45, 2.75) is 366 Å². The Balaban J connectivity index is 4.02. The number of rotatable bonds is 68. The molecule has 0 aromatic rings. The Bertz CT molecular complexity index is 1620. The Hall–Kier alpha value is -2.06.